The fourth-order valence-electron chi connectivity index (χ4n) is 3.27. The van der Waals surface area contributed by atoms with Gasteiger partial charge in [0, 0.05) is 18.7 Å². The van der Waals surface area contributed by atoms with Gasteiger partial charge in [-0.3, -0.25) is 19.3 Å². The number of nitrogens with zero attached hydrogens (tertiary/aromatic N) is 1. The van der Waals surface area contributed by atoms with Crippen LogP contribution < -0.4 is 5.32 Å². The summed E-state index contributed by atoms with van der Waals surface area (Å²) in [5.74, 6) is -1.14. The first-order chi connectivity index (χ1) is 15.2. The summed E-state index contributed by atoms with van der Waals surface area (Å²) in [5, 5.41) is 2.73. The van der Waals surface area contributed by atoms with Crippen LogP contribution in [0.15, 0.2) is 42.5 Å². The average molecular weight is 448 g/mol. The zero-order chi connectivity index (χ0) is 23.3. The average Bonchev–Trinajstić information content (AvgIpc) is 3.00. The first kappa shape index (κ1) is 23.5. The Kier molecular flexibility index (Phi) is 7.29. The number of carbonyl (C=O) groups excluding carboxylic acids is 3. The van der Waals surface area contributed by atoms with Crippen molar-refractivity contribution < 1.29 is 32.3 Å². The molecular weight excluding hydrogens is 425 g/mol. The Bertz CT molecular complexity index is 1000. The van der Waals surface area contributed by atoms with Crippen molar-refractivity contribution in [2.24, 2.45) is 0 Å². The molecule has 0 unspecified atom stereocenters. The van der Waals surface area contributed by atoms with Gasteiger partial charge in [-0.1, -0.05) is 37.6 Å². The van der Waals surface area contributed by atoms with E-state index in [9.17, 15) is 27.6 Å². The molecule has 3 rings (SSSR count). The van der Waals surface area contributed by atoms with Crippen LogP contribution in [0, 0.1) is 0 Å². The van der Waals surface area contributed by atoms with Crippen LogP contribution in [0.25, 0.3) is 0 Å². The van der Waals surface area contributed by atoms with Gasteiger partial charge in [0.15, 0.2) is 0 Å². The number of halogens is 3. The standard InChI is InChI=1S/C23H23F3N2O4/c1-2-3-10-28-21(30)18-9-8-17(11-19(18)22(28)31)20(29)27-12-15-4-6-16(7-5-15)13-32-14-23(24,25)26/h4-9,11H,2-3,10,12-14H2,1H3,(H,27,29). The number of ether oxygens (including phenoxy) is 1. The molecule has 2 aromatic rings. The lowest BCUT2D eigenvalue weighted by atomic mass is 10.1. The Balaban J connectivity index is 1.57. The third-order valence-electron chi connectivity index (χ3n) is 4.98. The molecule has 9 heteroatoms. The number of amides is 3. The lowest BCUT2D eigenvalue weighted by Crippen LogP contribution is -2.30. The van der Waals surface area contributed by atoms with Gasteiger partial charge in [-0.05, 0) is 35.7 Å². The predicted molar refractivity (Wildman–Crippen MR) is 110 cm³/mol. The predicted octanol–water partition coefficient (Wildman–Crippen LogP) is 4.09. The number of rotatable bonds is 9. The van der Waals surface area contributed by atoms with Crippen molar-refractivity contribution >= 4 is 17.7 Å². The molecule has 1 aliphatic rings. The van der Waals surface area contributed by atoms with Crippen LogP contribution in [0.3, 0.4) is 0 Å². The number of carbonyl (C=O) groups is 3. The monoisotopic (exact) mass is 448 g/mol. The minimum absolute atomic E-state index is 0.163. The van der Waals surface area contributed by atoms with Crippen LogP contribution in [0.4, 0.5) is 13.2 Å². The molecule has 1 aliphatic heterocycles. The summed E-state index contributed by atoms with van der Waals surface area (Å²) in [6.45, 7) is 1.03. The second-order valence-corrected chi connectivity index (χ2v) is 7.48. The zero-order valence-corrected chi connectivity index (χ0v) is 17.5. The highest BCUT2D eigenvalue weighted by atomic mass is 19.4. The third kappa shape index (κ3) is 5.73. The number of imide groups is 1. The number of nitrogens with one attached hydrogen (secondary N) is 1. The van der Waals surface area contributed by atoms with E-state index in [0.29, 0.717) is 24.1 Å². The normalized spacial score (nSPS) is 13.4. The summed E-state index contributed by atoms with van der Waals surface area (Å²) >= 11 is 0. The van der Waals surface area contributed by atoms with Crippen molar-refractivity contribution in [2.45, 2.75) is 39.1 Å². The lowest BCUT2D eigenvalue weighted by Gasteiger charge is -2.12. The van der Waals surface area contributed by atoms with Gasteiger partial charge in [0.2, 0.25) is 0 Å². The van der Waals surface area contributed by atoms with Crippen molar-refractivity contribution in [1.82, 2.24) is 10.2 Å². The molecule has 32 heavy (non-hydrogen) atoms. The van der Waals surface area contributed by atoms with E-state index >= 15 is 0 Å². The Labute approximate surface area is 183 Å². The molecule has 0 saturated heterocycles. The summed E-state index contributed by atoms with van der Waals surface area (Å²) in [7, 11) is 0. The van der Waals surface area contributed by atoms with E-state index in [1.807, 2.05) is 6.92 Å². The second kappa shape index (κ2) is 9.95. The van der Waals surface area contributed by atoms with E-state index in [1.54, 1.807) is 24.3 Å². The zero-order valence-electron chi connectivity index (χ0n) is 17.5. The number of unbranched alkanes of at least 4 members (excludes halogenated alkanes) is 1. The van der Waals surface area contributed by atoms with Gasteiger partial charge in [0.25, 0.3) is 17.7 Å². The molecule has 0 aliphatic carbocycles. The number of hydrogen-bond acceptors (Lipinski definition) is 4. The maximum atomic E-state index is 12.5. The minimum Gasteiger partial charge on any atom is -0.367 e. The van der Waals surface area contributed by atoms with Crippen LogP contribution in [0.5, 0.6) is 0 Å². The van der Waals surface area contributed by atoms with E-state index in [-0.39, 0.29) is 30.2 Å². The van der Waals surface area contributed by atoms with Crippen molar-refractivity contribution in [2.75, 3.05) is 13.2 Å². The van der Waals surface area contributed by atoms with Gasteiger partial charge in [0.1, 0.15) is 6.61 Å². The SMILES string of the molecule is CCCCN1C(=O)c2ccc(C(=O)NCc3ccc(COCC(F)(F)F)cc3)cc2C1=O. The second-order valence-electron chi connectivity index (χ2n) is 7.48. The lowest BCUT2D eigenvalue weighted by molar-refractivity contribution is -0.176. The van der Waals surface area contributed by atoms with Gasteiger partial charge in [-0.25, -0.2) is 0 Å². The molecule has 2 aromatic carbocycles. The van der Waals surface area contributed by atoms with Crippen LogP contribution in [0.1, 0.15) is 62.0 Å². The molecule has 1 heterocycles. The first-order valence-electron chi connectivity index (χ1n) is 10.2. The van der Waals surface area contributed by atoms with Gasteiger partial charge in [-0.15, -0.1) is 0 Å². The van der Waals surface area contributed by atoms with E-state index in [2.05, 4.69) is 10.1 Å². The molecule has 0 aromatic heterocycles. The van der Waals surface area contributed by atoms with Gasteiger partial charge < -0.3 is 10.1 Å². The summed E-state index contributed by atoms with van der Waals surface area (Å²) in [5.41, 5.74) is 2.11. The number of fused-ring (bicyclic) bond motifs is 1. The first-order valence-corrected chi connectivity index (χ1v) is 10.2. The maximum Gasteiger partial charge on any atom is 0.411 e. The highest BCUT2D eigenvalue weighted by Crippen LogP contribution is 2.24. The highest BCUT2D eigenvalue weighted by Gasteiger charge is 2.35. The molecule has 170 valence electrons. The third-order valence-corrected chi connectivity index (χ3v) is 4.98. The summed E-state index contributed by atoms with van der Waals surface area (Å²) < 4.78 is 41.0. The number of alkyl halides is 3. The van der Waals surface area contributed by atoms with Crippen LogP contribution in [-0.2, 0) is 17.9 Å². The Morgan fingerprint density at radius 2 is 1.66 bits per heavy atom. The molecule has 6 nitrogen and oxygen atoms in total. The van der Waals surface area contributed by atoms with Crippen molar-refractivity contribution in [1.29, 1.82) is 0 Å². The fourth-order valence-corrected chi connectivity index (χ4v) is 3.27. The number of benzene rings is 2. The summed E-state index contributed by atoms with van der Waals surface area (Å²) in [4.78, 5) is 38.6. The molecule has 0 bridgehead atoms. The van der Waals surface area contributed by atoms with Crippen molar-refractivity contribution in [3.8, 4) is 0 Å². The van der Waals surface area contributed by atoms with Crippen LogP contribution >= 0.6 is 0 Å². The van der Waals surface area contributed by atoms with Gasteiger partial charge in [0.05, 0.1) is 17.7 Å². The quantitative estimate of drug-likeness (QED) is 0.587. The summed E-state index contributed by atoms with van der Waals surface area (Å²) in [6, 6.07) is 11.0. The van der Waals surface area contributed by atoms with E-state index in [0.717, 1.165) is 12.0 Å². The smallest absolute Gasteiger partial charge is 0.367 e. The molecule has 0 spiro atoms. The molecule has 0 atom stereocenters. The van der Waals surface area contributed by atoms with Crippen molar-refractivity contribution in [3.05, 3.63) is 70.3 Å². The van der Waals surface area contributed by atoms with E-state index in [4.69, 9.17) is 0 Å². The summed E-state index contributed by atoms with van der Waals surface area (Å²) in [6.07, 6.45) is -2.80. The molecular formula is C23H23F3N2O4. The molecule has 1 N–H and O–H groups in total. The Morgan fingerprint density at radius 3 is 2.31 bits per heavy atom. The van der Waals surface area contributed by atoms with Crippen molar-refractivity contribution in [3.63, 3.8) is 0 Å². The van der Waals surface area contributed by atoms with E-state index < -0.39 is 24.6 Å². The van der Waals surface area contributed by atoms with Crippen LogP contribution in [0.2, 0.25) is 0 Å². The highest BCUT2D eigenvalue weighted by molar-refractivity contribution is 6.22. The molecule has 0 radical (unpaired) electrons. The molecule has 0 saturated carbocycles. The Morgan fingerprint density at radius 1 is 1.00 bits per heavy atom. The minimum atomic E-state index is -4.37. The van der Waals surface area contributed by atoms with Gasteiger partial charge >= 0.3 is 6.18 Å². The largest absolute Gasteiger partial charge is 0.411 e. The van der Waals surface area contributed by atoms with Gasteiger partial charge in [-0.2, -0.15) is 13.2 Å². The Hall–Kier alpha value is -3.20. The van der Waals surface area contributed by atoms with E-state index in [1.165, 1.54) is 23.1 Å². The molecule has 0 fully saturated rings. The number of hydrogen-bond donors (Lipinski definition) is 1. The van der Waals surface area contributed by atoms with Crippen LogP contribution in [-0.4, -0.2) is 41.9 Å². The molecule has 3 amide bonds. The maximum absolute atomic E-state index is 12.5. The topological polar surface area (TPSA) is 75.7 Å². The fraction of sp³-hybridized carbons (Fsp3) is 0.348.